The van der Waals surface area contributed by atoms with Crippen molar-refractivity contribution in [3.8, 4) is 0 Å². The summed E-state index contributed by atoms with van der Waals surface area (Å²) in [6, 6.07) is 9.15. The van der Waals surface area contributed by atoms with E-state index in [4.69, 9.17) is 4.74 Å². The van der Waals surface area contributed by atoms with E-state index >= 15 is 0 Å². The Labute approximate surface area is 109 Å². The van der Waals surface area contributed by atoms with Gasteiger partial charge in [-0.25, -0.2) is 5.43 Å². The Kier molecular flexibility index (Phi) is 5.13. The molecule has 0 aliphatic carbocycles. The van der Waals surface area contributed by atoms with Crippen molar-refractivity contribution in [1.29, 1.82) is 0 Å². The third kappa shape index (κ3) is 3.53. The highest BCUT2D eigenvalue weighted by atomic mass is 16.5. The number of nitrogens with one attached hydrogen (secondary N) is 3. The Balaban J connectivity index is 1.88. The molecule has 0 aromatic heterocycles. The van der Waals surface area contributed by atoms with Crippen molar-refractivity contribution in [1.82, 2.24) is 16.2 Å². The minimum atomic E-state index is 0.389. The third-order valence-electron chi connectivity index (χ3n) is 3.42. The second kappa shape index (κ2) is 6.85. The maximum atomic E-state index is 5.04. The molecule has 2 atom stereocenters. The molecule has 2 unspecified atom stereocenters. The van der Waals surface area contributed by atoms with Gasteiger partial charge < -0.3 is 10.1 Å². The maximum Gasteiger partial charge on any atom is 0.0587 e. The molecule has 100 valence electrons. The van der Waals surface area contributed by atoms with Gasteiger partial charge in [-0.3, -0.25) is 5.43 Å². The van der Waals surface area contributed by atoms with Crippen molar-refractivity contribution in [2.45, 2.75) is 13.0 Å². The number of hydrogen-bond donors (Lipinski definition) is 3. The lowest BCUT2D eigenvalue weighted by molar-refractivity contribution is 0.197. The molecule has 2 rings (SSSR count). The normalized spacial score (nSPS) is 23.4. The molecule has 1 aromatic carbocycles. The van der Waals surface area contributed by atoms with E-state index in [9.17, 15) is 0 Å². The van der Waals surface area contributed by atoms with Gasteiger partial charge >= 0.3 is 0 Å². The van der Waals surface area contributed by atoms with Crippen LogP contribution >= 0.6 is 0 Å². The second-order valence-electron chi connectivity index (χ2n) is 4.87. The molecule has 3 N–H and O–H groups in total. The van der Waals surface area contributed by atoms with E-state index in [0.717, 1.165) is 26.2 Å². The van der Waals surface area contributed by atoms with Crippen molar-refractivity contribution >= 4 is 0 Å². The van der Waals surface area contributed by atoms with Crippen molar-refractivity contribution in [2.24, 2.45) is 5.92 Å². The summed E-state index contributed by atoms with van der Waals surface area (Å²) in [5.74, 6) is 0.574. The fourth-order valence-corrected chi connectivity index (χ4v) is 2.32. The standard InChI is InChI=1S/C14H23N3O/c1-11-3-5-12(6-4-11)14-13(10-16-17-14)9-15-7-8-18-2/h3-6,13-17H,7-10H2,1-2H3. The molecule has 4 nitrogen and oxygen atoms in total. The number of rotatable bonds is 6. The summed E-state index contributed by atoms with van der Waals surface area (Å²) in [4.78, 5) is 0. The van der Waals surface area contributed by atoms with Gasteiger partial charge in [-0.15, -0.1) is 0 Å². The van der Waals surface area contributed by atoms with Gasteiger partial charge in [0.1, 0.15) is 0 Å². The summed E-state index contributed by atoms with van der Waals surface area (Å²) in [5.41, 5.74) is 9.27. The van der Waals surface area contributed by atoms with Gasteiger partial charge in [-0.1, -0.05) is 29.8 Å². The van der Waals surface area contributed by atoms with Crippen molar-refractivity contribution in [3.05, 3.63) is 35.4 Å². The van der Waals surface area contributed by atoms with Crippen LogP contribution in [0.1, 0.15) is 17.2 Å². The molecule has 0 radical (unpaired) electrons. The quantitative estimate of drug-likeness (QED) is 0.658. The van der Waals surface area contributed by atoms with E-state index in [-0.39, 0.29) is 0 Å². The van der Waals surface area contributed by atoms with Crippen LogP contribution in [0.2, 0.25) is 0 Å². The Morgan fingerprint density at radius 2 is 2.11 bits per heavy atom. The van der Waals surface area contributed by atoms with E-state index in [2.05, 4.69) is 47.4 Å². The van der Waals surface area contributed by atoms with Crippen LogP contribution < -0.4 is 16.2 Å². The average Bonchev–Trinajstić information content (AvgIpc) is 2.84. The van der Waals surface area contributed by atoms with E-state index in [1.807, 2.05) is 0 Å². The highest BCUT2D eigenvalue weighted by Gasteiger charge is 2.27. The lowest BCUT2D eigenvalue weighted by atomic mass is 9.94. The molecular weight excluding hydrogens is 226 g/mol. The Morgan fingerprint density at radius 3 is 2.83 bits per heavy atom. The SMILES string of the molecule is COCCNCC1CNNC1c1ccc(C)cc1. The van der Waals surface area contributed by atoms with Gasteiger partial charge in [-0.2, -0.15) is 0 Å². The highest BCUT2D eigenvalue weighted by Crippen LogP contribution is 2.24. The summed E-state index contributed by atoms with van der Waals surface area (Å²) in [6.45, 7) is 5.80. The number of benzene rings is 1. The van der Waals surface area contributed by atoms with Crippen LogP contribution in [0.15, 0.2) is 24.3 Å². The van der Waals surface area contributed by atoms with Crippen LogP contribution in [0.3, 0.4) is 0 Å². The fourth-order valence-electron chi connectivity index (χ4n) is 2.32. The molecule has 18 heavy (non-hydrogen) atoms. The molecule has 4 heteroatoms. The summed E-state index contributed by atoms with van der Waals surface area (Å²) >= 11 is 0. The van der Waals surface area contributed by atoms with E-state index in [0.29, 0.717) is 12.0 Å². The Bertz CT molecular complexity index is 353. The molecule has 0 spiro atoms. The van der Waals surface area contributed by atoms with Gasteiger partial charge in [-0.05, 0) is 12.5 Å². The lowest BCUT2D eigenvalue weighted by Crippen LogP contribution is -2.30. The molecule has 0 saturated carbocycles. The summed E-state index contributed by atoms with van der Waals surface area (Å²) in [7, 11) is 1.73. The van der Waals surface area contributed by atoms with Gasteiger partial charge in [0.15, 0.2) is 0 Å². The molecule has 1 saturated heterocycles. The minimum Gasteiger partial charge on any atom is -0.383 e. The Hall–Kier alpha value is -0.940. The second-order valence-corrected chi connectivity index (χ2v) is 4.87. The Morgan fingerprint density at radius 1 is 1.33 bits per heavy atom. The molecule has 1 aliphatic heterocycles. The number of aryl methyl sites for hydroxylation is 1. The molecule has 1 fully saturated rings. The fraction of sp³-hybridized carbons (Fsp3) is 0.571. The van der Waals surface area contributed by atoms with Gasteiger partial charge in [0.2, 0.25) is 0 Å². The van der Waals surface area contributed by atoms with Gasteiger partial charge in [0.25, 0.3) is 0 Å². The van der Waals surface area contributed by atoms with Crippen LogP contribution in [0.25, 0.3) is 0 Å². The van der Waals surface area contributed by atoms with Crippen molar-refractivity contribution in [3.63, 3.8) is 0 Å². The summed E-state index contributed by atoms with van der Waals surface area (Å²) < 4.78 is 5.04. The number of methoxy groups -OCH3 is 1. The number of hydrazine groups is 1. The first-order valence-corrected chi connectivity index (χ1v) is 6.56. The number of ether oxygens (including phenoxy) is 1. The van der Waals surface area contributed by atoms with Crippen LogP contribution in [0, 0.1) is 12.8 Å². The van der Waals surface area contributed by atoms with E-state index in [1.54, 1.807) is 7.11 Å². The molecule has 1 aromatic rings. The largest absolute Gasteiger partial charge is 0.383 e. The zero-order chi connectivity index (χ0) is 12.8. The molecule has 0 bridgehead atoms. The first-order chi connectivity index (χ1) is 8.81. The predicted octanol–water partition coefficient (Wildman–Crippen LogP) is 0.996. The summed E-state index contributed by atoms with van der Waals surface area (Å²) in [6.07, 6.45) is 0. The van der Waals surface area contributed by atoms with Gasteiger partial charge in [0, 0.05) is 32.7 Å². The van der Waals surface area contributed by atoms with Crippen LogP contribution in [0.4, 0.5) is 0 Å². The van der Waals surface area contributed by atoms with Crippen LogP contribution in [0.5, 0.6) is 0 Å². The van der Waals surface area contributed by atoms with Crippen molar-refractivity contribution in [2.75, 3.05) is 33.4 Å². The first kappa shape index (κ1) is 13.5. The lowest BCUT2D eigenvalue weighted by Gasteiger charge is -2.19. The zero-order valence-electron chi connectivity index (χ0n) is 11.2. The third-order valence-corrected chi connectivity index (χ3v) is 3.42. The molecule has 0 amide bonds. The smallest absolute Gasteiger partial charge is 0.0587 e. The summed E-state index contributed by atoms with van der Waals surface area (Å²) in [5, 5.41) is 3.43. The number of hydrogen-bond acceptors (Lipinski definition) is 4. The van der Waals surface area contributed by atoms with Crippen molar-refractivity contribution < 1.29 is 4.74 Å². The van der Waals surface area contributed by atoms with E-state index < -0.39 is 0 Å². The highest BCUT2D eigenvalue weighted by molar-refractivity contribution is 5.25. The van der Waals surface area contributed by atoms with Crippen LogP contribution in [-0.2, 0) is 4.74 Å². The van der Waals surface area contributed by atoms with Crippen LogP contribution in [-0.4, -0.2) is 33.4 Å². The maximum absolute atomic E-state index is 5.04. The minimum absolute atomic E-state index is 0.389. The monoisotopic (exact) mass is 249 g/mol. The van der Waals surface area contributed by atoms with Gasteiger partial charge in [0.05, 0.1) is 12.6 Å². The first-order valence-electron chi connectivity index (χ1n) is 6.56. The molecule has 1 heterocycles. The topological polar surface area (TPSA) is 45.3 Å². The zero-order valence-corrected chi connectivity index (χ0v) is 11.2. The molecule has 1 aliphatic rings. The van der Waals surface area contributed by atoms with E-state index in [1.165, 1.54) is 11.1 Å². The predicted molar refractivity (Wildman–Crippen MR) is 73.3 cm³/mol. The average molecular weight is 249 g/mol. The molecular formula is C14H23N3O.